The topological polar surface area (TPSA) is 73.3 Å². The van der Waals surface area contributed by atoms with Crippen LogP contribution in [-0.2, 0) is 16.1 Å². The summed E-state index contributed by atoms with van der Waals surface area (Å²) in [6, 6.07) is 4.29. The molecule has 0 saturated carbocycles. The number of carbonyl (C=O) groups is 1. The number of hydrogen-bond donors (Lipinski definition) is 1. The molecule has 3 aliphatic rings. The third-order valence-electron chi connectivity index (χ3n) is 6.87. The Morgan fingerprint density at radius 3 is 2.42 bits per heavy atom. The molecule has 0 aliphatic carbocycles. The van der Waals surface area contributed by atoms with Crippen molar-refractivity contribution in [3.05, 3.63) is 23.9 Å². The Labute approximate surface area is 215 Å². The van der Waals surface area contributed by atoms with E-state index in [1.165, 1.54) is 31.2 Å². The lowest BCUT2D eigenvalue weighted by molar-refractivity contribution is -0.140. The van der Waals surface area contributed by atoms with Gasteiger partial charge in [-0.3, -0.25) is 9.79 Å². The molecule has 1 N–H and O–H groups in total. The Morgan fingerprint density at radius 1 is 1.06 bits per heavy atom. The number of ether oxygens (including phenoxy) is 1. The van der Waals surface area contributed by atoms with Crippen LogP contribution in [-0.4, -0.2) is 86.2 Å². The fourth-order valence-corrected chi connectivity index (χ4v) is 4.94. The van der Waals surface area contributed by atoms with Gasteiger partial charge in [-0.2, -0.15) is 0 Å². The summed E-state index contributed by atoms with van der Waals surface area (Å²) in [4.78, 5) is 28.6. The molecule has 1 amide bonds. The average molecular weight is 571 g/mol. The van der Waals surface area contributed by atoms with Crippen molar-refractivity contribution >= 4 is 41.7 Å². The van der Waals surface area contributed by atoms with E-state index in [0.717, 1.165) is 70.4 Å². The molecule has 3 saturated heterocycles. The number of aromatic nitrogens is 1. The number of rotatable bonds is 4. The van der Waals surface area contributed by atoms with E-state index >= 15 is 0 Å². The number of hydrogen-bond acceptors (Lipinski definition) is 5. The Kier molecular flexibility index (Phi) is 10.5. The van der Waals surface area contributed by atoms with Crippen molar-refractivity contribution in [1.82, 2.24) is 20.1 Å². The minimum absolute atomic E-state index is 0. The second-order valence-corrected chi connectivity index (χ2v) is 9.02. The summed E-state index contributed by atoms with van der Waals surface area (Å²) < 4.78 is 5.38. The Morgan fingerprint density at radius 2 is 1.76 bits per heavy atom. The summed E-state index contributed by atoms with van der Waals surface area (Å²) in [7, 11) is 1.84. The van der Waals surface area contributed by atoms with E-state index in [1.54, 1.807) is 0 Å². The van der Waals surface area contributed by atoms with Crippen LogP contribution in [0.5, 0.6) is 0 Å². The SMILES string of the molecule is CN=C(NCc1ccnc(N2CCCCCC2)c1)N1CCC(C(=O)N2CCOCC2)CC1.I. The molecule has 3 aliphatic heterocycles. The Bertz CT molecular complexity index is 770. The number of pyridine rings is 1. The Balaban J connectivity index is 0.00000306. The number of morpholine rings is 1. The van der Waals surface area contributed by atoms with Crippen molar-refractivity contribution in [2.24, 2.45) is 10.9 Å². The molecule has 1 aromatic heterocycles. The maximum Gasteiger partial charge on any atom is 0.225 e. The highest BCUT2D eigenvalue weighted by Gasteiger charge is 2.30. The second kappa shape index (κ2) is 13.3. The second-order valence-electron chi connectivity index (χ2n) is 9.02. The number of carbonyl (C=O) groups excluding carboxylic acids is 1. The molecule has 33 heavy (non-hydrogen) atoms. The normalized spacial score (nSPS) is 20.8. The van der Waals surface area contributed by atoms with Gasteiger partial charge in [0.2, 0.25) is 5.91 Å². The summed E-state index contributed by atoms with van der Waals surface area (Å²) >= 11 is 0. The van der Waals surface area contributed by atoms with E-state index < -0.39 is 0 Å². The van der Waals surface area contributed by atoms with E-state index in [0.29, 0.717) is 19.1 Å². The van der Waals surface area contributed by atoms with Crippen LogP contribution in [0.25, 0.3) is 0 Å². The van der Waals surface area contributed by atoms with Crippen molar-refractivity contribution in [1.29, 1.82) is 0 Å². The number of nitrogens with zero attached hydrogens (tertiary/aromatic N) is 5. The summed E-state index contributed by atoms with van der Waals surface area (Å²) in [5, 5.41) is 3.52. The molecule has 0 unspecified atom stereocenters. The third kappa shape index (κ3) is 7.18. The number of amides is 1. The van der Waals surface area contributed by atoms with Crippen LogP contribution >= 0.6 is 24.0 Å². The molecule has 9 heteroatoms. The van der Waals surface area contributed by atoms with Crippen LogP contribution in [0.15, 0.2) is 23.3 Å². The zero-order chi connectivity index (χ0) is 22.2. The van der Waals surface area contributed by atoms with Crippen molar-refractivity contribution in [3.63, 3.8) is 0 Å². The lowest BCUT2D eigenvalue weighted by Gasteiger charge is -2.36. The molecule has 184 valence electrons. The molecular weight excluding hydrogens is 531 g/mol. The Hall–Kier alpha value is -1.62. The summed E-state index contributed by atoms with van der Waals surface area (Å²) in [6.07, 6.45) is 8.83. The van der Waals surface area contributed by atoms with Crippen LogP contribution in [0.3, 0.4) is 0 Å². The van der Waals surface area contributed by atoms with Crippen molar-refractivity contribution in [3.8, 4) is 0 Å². The quantitative estimate of drug-likeness (QED) is 0.341. The first kappa shape index (κ1) is 26.0. The lowest BCUT2D eigenvalue weighted by Crippen LogP contribution is -2.49. The van der Waals surface area contributed by atoms with Crippen LogP contribution in [0, 0.1) is 5.92 Å². The molecule has 0 aromatic carbocycles. The first-order valence-corrected chi connectivity index (χ1v) is 12.3. The van der Waals surface area contributed by atoms with E-state index in [2.05, 4.69) is 37.2 Å². The van der Waals surface area contributed by atoms with Gasteiger partial charge in [-0.05, 0) is 43.4 Å². The predicted molar refractivity (Wildman–Crippen MR) is 142 cm³/mol. The van der Waals surface area contributed by atoms with E-state index in [1.807, 2.05) is 18.1 Å². The van der Waals surface area contributed by atoms with E-state index in [4.69, 9.17) is 4.74 Å². The number of nitrogens with one attached hydrogen (secondary N) is 1. The monoisotopic (exact) mass is 570 g/mol. The maximum absolute atomic E-state index is 12.8. The fraction of sp³-hybridized carbons (Fsp3) is 0.708. The molecular formula is C24H39IN6O2. The highest BCUT2D eigenvalue weighted by molar-refractivity contribution is 14.0. The predicted octanol–water partition coefficient (Wildman–Crippen LogP) is 2.73. The van der Waals surface area contributed by atoms with Gasteiger partial charge in [-0.25, -0.2) is 4.98 Å². The van der Waals surface area contributed by atoms with Gasteiger partial charge in [-0.15, -0.1) is 24.0 Å². The van der Waals surface area contributed by atoms with Crippen molar-refractivity contribution in [2.45, 2.75) is 45.1 Å². The zero-order valence-corrected chi connectivity index (χ0v) is 22.2. The van der Waals surface area contributed by atoms with E-state index in [9.17, 15) is 4.79 Å². The van der Waals surface area contributed by atoms with Crippen LogP contribution < -0.4 is 10.2 Å². The molecule has 4 rings (SSSR count). The van der Waals surface area contributed by atoms with Crippen LogP contribution in [0.4, 0.5) is 5.82 Å². The molecule has 0 spiro atoms. The minimum atomic E-state index is 0. The van der Waals surface area contributed by atoms with Crippen LogP contribution in [0.2, 0.25) is 0 Å². The molecule has 4 heterocycles. The lowest BCUT2D eigenvalue weighted by atomic mass is 9.95. The average Bonchev–Trinajstić information content (AvgIpc) is 3.15. The number of likely N-dealkylation sites (tertiary alicyclic amines) is 1. The molecule has 3 fully saturated rings. The highest BCUT2D eigenvalue weighted by Crippen LogP contribution is 2.21. The van der Waals surface area contributed by atoms with E-state index in [-0.39, 0.29) is 29.9 Å². The number of aliphatic imine (C=N–C) groups is 1. The summed E-state index contributed by atoms with van der Waals surface area (Å²) in [6.45, 7) is 7.42. The van der Waals surface area contributed by atoms with Gasteiger partial charge >= 0.3 is 0 Å². The van der Waals surface area contributed by atoms with Gasteiger partial charge < -0.3 is 24.8 Å². The largest absolute Gasteiger partial charge is 0.378 e. The standard InChI is InChI=1S/C24H38N6O2.HI/c1-25-24(30-12-7-21(8-13-30)23(31)29-14-16-32-17-15-29)27-19-20-6-9-26-22(18-20)28-10-4-2-3-5-11-28;/h6,9,18,21H,2-5,7-8,10-17,19H2,1H3,(H,25,27);1H. The fourth-order valence-electron chi connectivity index (χ4n) is 4.94. The molecule has 8 nitrogen and oxygen atoms in total. The van der Waals surface area contributed by atoms with Gasteiger partial charge in [0.25, 0.3) is 0 Å². The summed E-state index contributed by atoms with van der Waals surface area (Å²) in [5.74, 6) is 2.42. The maximum atomic E-state index is 12.8. The molecule has 0 radical (unpaired) electrons. The summed E-state index contributed by atoms with van der Waals surface area (Å²) in [5.41, 5.74) is 1.22. The smallest absolute Gasteiger partial charge is 0.225 e. The van der Waals surface area contributed by atoms with Crippen molar-refractivity contribution in [2.75, 3.05) is 64.4 Å². The van der Waals surface area contributed by atoms with Gasteiger partial charge in [-0.1, -0.05) is 12.8 Å². The first-order valence-electron chi connectivity index (χ1n) is 12.3. The first-order chi connectivity index (χ1) is 15.7. The molecule has 0 bridgehead atoms. The number of piperidine rings is 1. The number of guanidine groups is 1. The van der Waals surface area contributed by atoms with Crippen molar-refractivity contribution < 1.29 is 9.53 Å². The van der Waals surface area contributed by atoms with Crippen LogP contribution in [0.1, 0.15) is 44.1 Å². The molecule has 1 aromatic rings. The number of anilines is 1. The van der Waals surface area contributed by atoms with Gasteiger partial charge in [0.05, 0.1) is 13.2 Å². The zero-order valence-electron chi connectivity index (χ0n) is 19.9. The molecule has 0 atom stereocenters. The number of halogens is 1. The highest BCUT2D eigenvalue weighted by atomic mass is 127. The van der Waals surface area contributed by atoms with Gasteiger partial charge in [0.15, 0.2) is 5.96 Å². The minimum Gasteiger partial charge on any atom is -0.378 e. The van der Waals surface area contributed by atoms with Gasteiger partial charge in [0, 0.05) is 65.0 Å². The van der Waals surface area contributed by atoms with Gasteiger partial charge in [0.1, 0.15) is 5.82 Å². The third-order valence-corrected chi connectivity index (χ3v) is 6.87.